The molecule has 6 nitrogen and oxygen atoms in total. The third kappa shape index (κ3) is 4.86. The number of nitrogens with one attached hydrogen (secondary N) is 2. The fourth-order valence-corrected chi connectivity index (χ4v) is 4.62. The molecule has 9 heteroatoms. The van der Waals surface area contributed by atoms with Crippen LogP contribution in [0.2, 0.25) is 10.0 Å². The van der Waals surface area contributed by atoms with Gasteiger partial charge in [0.25, 0.3) is 5.91 Å². The zero-order valence-electron chi connectivity index (χ0n) is 11.4. The number of amides is 2. The van der Waals surface area contributed by atoms with Crippen LogP contribution >= 0.6 is 23.2 Å². The van der Waals surface area contributed by atoms with E-state index in [0.717, 1.165) is 0 Å². The van der Waals surface area contributed by atoms with Gasteiger partial charge in [0.2, 0.25) is 5.91 Å². The van der Waals surface area contributed by atoms with Crippen molar-refractivity contribution < 1.29 is 18.0 Å². The van der Waals surface area contributed by atoms with E-state index in [1.807, 2.05) is 0 Å². The molecule has 0 radical (unpaired) electrons. The van der Waals surface area contributed by atoms with Gasteiger partial charge in [0.15, 0.2) is 9.84 Å². The first-order valence-corrected chi connectivity index (χ1v) is 9.08. The Bertz CT molecular complexity index is 686. The molecule has 1 aromatic carbocycles. The van der Waals surface area contributed by atoms with Gasteiger partial charge in [0, 0.05) is 22.0 Å². The summed E-state index contributed by atoms with van der Waals surface area (Å²) in [5.41, 5.74) is 4.71. The summed E-state index contributed by atoms with van der Waals surface area (Å²) in [4.78, 5) is 23.6. The van der Waals surface area contributed by atoms with Crippen molar-refractivity contribution in [3.05, 3.63) is 33.8 Å². The summed E-state index contributed by atoms with van der Waals surface area (Å²) in [5, 5.41) is 0.611. The minimum absolute atomic E-state index is 0.0122. The number of hydrazine groups is 1. The van der Waals surface area contributed by atoms with Crippen LogP contribution in [0.1, 0.15) is 23.2 Å². The molecule has 120 valence electrons. The number of rotatable bonds is 3. The van der Waals surface area contributed by atoms with Crippen molar-refractivity contribution in [1.82, 2.24) is 10.9 Å². The Morgan fingerprint density at radius 3 is 2.32 bits per heavy atom. The molecular formula is C13H14Cl2N2O4S. The second-order valence-corrected chi connectivity index (χ2v) is 8.24. The zero-order chi connectivity index (χ0) is 16.3. The van der Waals surface area contributed by atoms with Crippen molar-refractivity contribution in [3.8, 4) is 0 Å². The summed E-state index contributed by atoms with van der Waals surface area (Å²) in [6.07, 6.45) is 0.517. The van der Waals surface area contributed by atoms with E-state index >= 15 is 0 Å². The lowest BCUT2D eigenvalue weighted by molar-refractivity contribution is -0.122. The Balaban J connectivity index is 1.84. The molecule has 1 aliphatic rings. The molecule has 1 unspecified atom stereocenters. The maximum Gasteiger partial charge on any atom is 0.269 e. The van der Waals surface area contributed by atoms with Crippen molar-refractivity contribution in [1.29, 1.82) is 0 Å². The van der Waals surface area contributed by atoms with Crippen molar-refractivity contribution in [2.45, 2.75) is 12.8 Å². The molecule has 1 saturated heterocycles. The second kappa shape index (κ2) is 6.85. The van der Waals surface area contributed by atoms with Gasteiger partial charge >= 0.3 is 0 Å². The highest BCUT2D eigenvalue weighted by Gasteiger charge is 2.29. The molecular weight excluding hydrogens is 351 g/mol. The van der Waals surface area contributed by atoms with Crippen LogP contribution in [0, 0.1) is 5.92 Å². The van der Waals surface area contributed by atoms with Crippen molar-refractivity contribution in [2.75, 3.05) is 11.5 Å². The van der Waals surface area contributed by atoms with E-state index in [4.69, 9.17) is 23.2 Å². The van der Waals surface area contributed by atoms with Crippen LogP contribution < -0.4 is 10.9 Å². The fourth-order valence-electron chi connectivity index (χ4n) is 2.23. The van der Waals surface area contributed by atoms with Crippen LogP contribution in [0.25, 0.3) is 0 Å². The highest BCUT2D eigenvalue weighted by molar-refractivity contribution is 7.91. The van der Waals surface area contributed by atoms with E-state index < -0.39 is 21.7 Å². The molecule has 1 aromatic rings. The van der Waals surface area contributed by atoms with E-state index in [1.165, 1.54) is 18.2 Å². The Kier molecular flexibility index (Phi) is 5.31. The van der Waals surface area contributed by atoms with Gasteiger partial charge in [-0.1, -0.05) is 23.2 Å². The molecule has 1 heterocycles. The Hall–Kier alpha value is -1.31. The third-order valence-corrected chi connectivity index (χ3v) is 5.51. The number of hydrogen-bond acceptors (Lipinski definition) is 4. The van der Waals surface area contributed by atoms with Crippen LogP contribution in [0.15, 0.2) is 18.2 Å². The molecule has 2 rings (SSSR count). The summed E-state index contributed by atoms with van der Waals surface area (Å²) in [6.45, 7) is 0. The molecule has 1 aliphatic heterocycles. The molecule has 0 saturated carbocycles. The Morgan fingerprint density at radius 1 is 1.14 bits per heavy atom. The van der Waals surface area contributed by atoms with Gasteiger partial charge in [-0.15, -0.1) is 0 Å². The van der Waals surface area contributed by atoms with E-state index in [-0.39, 0.29) is 29.4 Å². The third-order valence-electron chi connectivity index (χ3n) is 3.24. The molecule has 0 bridgehead atoms. The minimum atomic E-state index is -3.02. The topological polar surface area (TPSA) is 92.3 Å². The summed E-state index contributed by atoms with van der Waals surface area (Å²) < 4.78 is 22.6. The lowest BCUT2D eigenvalue weighted by Gasteiger charge is -2.10. The maximum absolute atomic E-state index is 11.9. The summed E-state index contributed by atoms with van der Waals surface area (Å²) in [6, 6.07) is 4.32. The summed E-state index contributed by atoms with van der Waals surface area (Å²) in [7, 11) is -3.02. The molecule has 2 N–H and O–H groups in total. The van der Waals surface area contributed by atoms with Crippen LogP contribution in [0.4, 0.5) is 0 Å². The maximum atomic E-state index is 11.9. The number of hydrogen-bond donors (Lipinski definition) is 2. The molecule has 1 fully saturated rings. The molecule has 0 aromatic heterocycles. The predicted octanol–water partition coefficient (Wildman–Crippen LogP) is 1.58. The Labute approximate surface area is 138 Å². The summed E-state index contributed by atoms with van der Waals surface area (Å²) in [5.74, 6) is -1.08. The summed E-state index contributed by atoms with van der Waals surface area (Å²) >= 11 is 11.6. The van der Waals surface area contributed by atoms with Gasteiger partial charge in [-0.2, -0.15) is 0 Å². The van der Waals surface area contributed by atoms with E-state index in [0.29, 0.717) is 16.5 Å². The van der Waals surface area contributed by atoms with Crippen LogP contribution in [-0.4, -0.2) is 31.7 Å². The van der Waals surface area contributed by atoms with Gasteiger partial charge < -0.3 is 0 Å². The average Bonchev–Trinajstić information content (AvgIpc) is 2.74. The number of carbonyl (C=O) groups excluding carboxylic acids is 2. The van der Waals surface area contributed by atoms with Gasteiger partial charge in [-0.25, -0.2) is 8.42 Å². The van der Waals surface area contributed by atoms with Gasteiger partial charge in [0.1, 0.15) is 0 Å². The minimum Gasteiger partial charge on any atom is -0.273 e. The standard InChI is InChI=1S/C13H14Cl2N2O4S/c14-10-4-9(5-11(15)6-10)13(19)17-16-12(18)3-8-1-2-22(20,21)7-8/h4-6,8H,1-3,7H2,(H,16,18)(H,17,19). The Morgan fingerprint density at radius 2 is 1.77 bits per heavy atom. The van der Waals surface area contributed by atoms with Gasteiger partial charge in [-0.3, -0.25) is 20.4 Å². The second-order valence-electron chi connectivity index (χ2n) is 5.13. The van der Waals surface area contributed by atoms with E-state index in [2.05, 4.69) is 10.9 Å². The molecule has 22 heavy (non-hydrogen) atoms. The fraction of sp³-hybridized carbons (Fsp3) is 0.385. The van der Waals surface area contributed by atoms with Gasteiger partial charge in [-0.05, 0) is 30.5 Å². The predicted molar refractivity (Wildman–Crippen MR) is 83.4 cm³/mol. The average molecular weight is 365 g/mol. The smallest absolute Gasteiger partial charge is 0.269 e. The lowest BCUT2D eigenvalue weighted by atomic mass is 10.1. The number of benzene rings is 1. The first kappa shape index (κ1) is 17.1. The quantitative estimate of drug-likeness (QED) is 0.796. The highest BCUT2D eigenvalue weighted by Crippen LogP contribution is 2.21. The van der Waals surface area contributed by atoms with E-state index in [9.17, 15) is 18.0 Å². The highest BCUT2D eigenvalue weighted by atomic mass is 35.5. The number of carbonyl (C=O) groups is 2. The molecule has 0 spiro atoms. The first-order valence-electron chi connectivity index (χ1n) is 6.51. The van der Waals surface area contributed by atoms with Crippen molar-refractivity contribution in [2.24, 2.45) is 5.92 Å². The monoisotopic (exact) mass is 364 g/mol. The number of sulfone groups is 1. The molecule has 1 atom stereocenters. The van der Waals surface area contributed by atoms with Crippen LogP contribution in [0.5, 0.6) is 0 Å². The molecule has 0 aliphatic carbocycles. The van der Waals surface area contributed by atoms with Crippen LogP contribution in [-0.2, 0) is 14.6 Å². The lowest BCUT2D eigenvalue weighted by Crippen LogP contribution is -2.42. The molecule has 2 amide bonds. The van der Waals surface area contributed by atoms with E-state index in [1.54, 1.807) is 0 Å². The van der Waals surface area contributed by atoms with Gasteiger partial charge in [0.05, 0.1) is 11.5 Å². The van der Waals surface area contributed by atoms with Crippen LogP contribution in [0.3, 0.4) is 0 Å². The van der Waals surface area contributed by atoms with Crippen molar-refractivity contribution >= 4 is 44.9 Å². The normalized spacial score (nSPS) is 19.6. The largest absolute Gasteiger partial charge is 0.273 e. The zero-order valence-corrected chi connectivity index (χ0v) is 13.8. The van der Waals surface area contributed by atoms with Crippen molar-refractivity contribution in [3.63, 3.8) is 0 Å². The number of halogens is 2. The first-order chi connectivity index (χ1) is 10.2. The SMILES string of the molecule is O=C(CC1CCS(=O)(=O)C1)NNC(=O)c1cc(Cl)cc(Cl)c1.